The number of hydrogen-bond acceptors (Lipinski definition) is 3. The average Bonchev–Trinajstić information content (AvgIpc) is 2.59. The summed E-state index contributed by atoms with van der Waals surface area (Å²) in [6.45, 7) is -1.86. The zero-order valence-corrected chi connectivity index (χ0v) is 15.1. The van der Waals surface area contributed by atoms with E-state index in [1.54, 1.807) is 0 Å². The summed E-state index contributed by atoms with van der Waals surface area (Å²) < 4.78 is 81.7. The number of carbonyl (C=O) groups is 1. The second-order valence-corrected chi connectivity index (χ2v) is 6.19. The first kappa shape index (κ1) is 22.5. The van der Waals surface area contributed by atoms with Gasteiger partial charge in [0.1, 0.15) is 5.75 Å². The van der Waals surface area contributed by atoms with Gasteiger partial charge in [0.15, 0.2) is 0 Å². The van der Waals surface area contributed by atoms with Crippen molar-refractivity contribution < 1.29 is 41.0 Å². The Morgan fingerprint density at radius 2 is 1.72 bits per heavy atom. The van der Waals surface area contributed by atoms with Crippen molar-refractivity contribution in [1.82, 2.24) is 5.32 Å². The summed E-state index contributed by atoms with van der Waals surface area (Å²) in [5.74, 6) is -0.864. The lowest BCUT2D eigenvalue weighted by molar-refractivity contribution is -0.138. The number of aliphatic carboxylic acids is 1. The molecule has 0 aliphatic rings. The number of hydrogen-bond donors (Lipinski definition) is 2. The van der Waals surface area contributed by atoms with E-state index in [1.807, 2.05) is 0 Å². The number of carboxylic acid groups (broad SMARTS) is 1. The molecule has 10 heteroatoms. The van der Waals surface area contributed by atoms with Crippen LogP contribution in [0, 0.1) is 0 Å². The lowest BCUT2D eigenvalue weighted by Crippen LogP contribution is -2.28. The highest BCUT2D eigenvalue weighted by atomic mass is 19.4. The third-order valence-electron chi connectivity index (χ3n) is 3.98. The van der Waals surface area contributed by atoms with Crippen LogP contribution in [0.25, 0.3) is 11.1 Å². The Balaban J connectivity index is 2.53. The van der Waals surface area contributed by atoms with Crippen LogP contribution in [-0.2, 0) is 23.9 Å². The standard InChI is InChI=1S/C19H17F6NO3/c1-29-16-5-2-11(7-17(27)28)6-15(16)14-4-3-13(19(23,24)25)8-12(14)9-26-10-18(20,21)22/h2-6,8,26H,7,9-10H2,1H3,(H,27,28). The van der Waals surface area contributed by atoms with E-state index in [4.69, 9.17) is 9.84 Å². The third kappa shape index (κ3) is 6.38. The van der Waals surface area contributed by atoms with Gasteiger partial charge in [0, 0.05) is 12.1 Å². The molecule has 0 fully saturated rings. The molecule has 0 saturated carbocycles. The molecule has 158 valence electrons. The van der Waals surface area contributed by atoms with Crippen LogP contribution in [0.1, 0.15) is 16.7 Å². The second-order valence-electron chi connectivity index (χ2n) is 6.19. The molecular formula is C19H17F6NO3. The minimum atomic E-state index is -4.67. The Kier molecular flexibility index (Phi) is 6.78. The number of nitrogens with one attached hydrogen (secondary N) is 1. The monoisotopic (exact) mass is 421 g/mol. The van der Waals surface area contributed by atoms with Gasteiger partial charge in [0.25, 0.3) is 0 Å². The van der Waals surface area contributed by atoms with E-state index in [0.717, 1.165) is 18.2 Å². The minimum absolute atomic E-state index is 0.0325. The zero-order chi connectivity index (χ0) is 21.8. The van der Waals surface area contributed by atoms with Crippen molar-refractivity contribution in [3.05, 3.63) is 53.1 Å². The number of rotatable bonds is 7. The normalized spacial score (nSPS) is 12.1. The van der Waals surface area contributed by atoms with Crippen LogP contribution in [0.4, 0.5) is 26.3 Å². The molecule has 4 nitrogen and oxygen atoms in total. The van der Waals surface area contributed by atoms with Gasteiger partial charge in [0.05, 0.1) is 25.6 Å². The Morgan fingerprint density at radius 1 is 1.03 bits per heavy atom. The van der Waals surface area contributed by atoms with Gasteiger partial charge in [-0.2, -0.15) is 26.3 Å². The highest BCUT2D eigenvalue weighted by Crippen LogP contribution is 2.37. The zero-order valence-electron chi connectivity index (χ0n) is 15.1. The van der Waals surface area contributed by atoms with Crippen molar-refractivity contribution in [3.8, 4) is 16.9 Å². The van der Waals surface area contributed by atoms with E-state index in [9.17, 15) is 31.1 Å². The van der Waals surface area contributed by atoms with E-state index in [0.29, 0.717) is 5.56 Å². The molecule has 0 atom stereocenters. The van der Waals surface area contributed by atoms with Crippen molar-refractivity contribution in [3.63, 3.8) is 0 Å². The molecule has 0 radical (unpaired) electrons. The summed E-state index contributed by atoms with van der Waals surface area (Å²) in [7, 11) is 1.32. The number of alkyl halides is 6. The first-order valence-electron chi connectivity index (χ1n) is 8.27. The number of halogens is 6. The Bertz CT molecular complexity index is 877. The van der Waals surface area contributed by atoms with Crippen LogP contribution >= 0.6 is 0 Å². The molecule has 0 aliphatic heterocycles. The van der Waals surface area contributed by atoms with Gasteiger partial charge in [-0.25, -0.2) is 0 Å². The Hall–Kier alpha value is -2.75. The van der Waals surface area contributed by atoms with Crippen LogP contribution < -0.4 is 10.1 Å². The number of methoxy groups -OCH3 is 1. The topological polar surface area (TPSA) is 58.6 Å². The summed E-state index contributed by atoms with van der Waals surface area (Å²) in [5, 5.41) is 11.0. The molecule has 0 amide bonds. The van der Waals surface area contributed by atoms with Crippen LogP contribution in [0.3, 0.4) is 0 Å². The number of carboxylic acids is 1. The van der Waals surface area contributed by atoms with Crippen LogP contribution in [-0.4, -0.2) is 30.9 Å². The van der Waals surface area contributed by atoms with Gasteiger partial charge in [-0.1, -0.05) is 12.1 Å². The van der Waals surface area contributed by atoms with Crippen LogP contribution in [0.15, 0.2) is 36.4 Å². The first-order chi connectivity index (χ1) is 13.4. The first-order valence-corrected chi connectivity index (χ1v) is 8.27. The van der Waals surface area contributed by atoms with Crippen LogP contribution in [0.5, 0.6) is 5.75 Å². The van der Waals surface area contributed by atoms with Crippen molar-refractivity contribution in [2.24, 2.45) is 0 Å². The smallest absolute Gasteiger partial charge is 0.416 e. The maximum Gasteiger partial charge on any atom is 0.416 e. The number of benzene rings is 2. The predicted octanol–water partition coefficient (Wildman–Crippen LogP) is 4.66. The molecule has 0 bridgehead atoms. The summed E-state index contributed by atoms with van der Waals surface area (Å²) in [5.41, 5.74) is -0.191. The molecule has 2 aromatic rings. The fraction of sp³-hybridized carbons (Fsp3) is 0.316. The quantitative estimate of drug-likeness (QED) is 0.639. The highest BCUT2D eigenvalue weighted by Gasteiger charge is 2.32. The summed E-state index contributed by atoms with van der Waals surface area (Å²) in [4.78, 5) is 11.0. The van der Waals surface area contributed by atoms with E-state index in [1.165, 1.54) is 25.3 Å². The minimum Gasteiger partial charge on any atom is -0.496 e. The SMILES string of the molecule is COc1ccc(CC(=O)O)cc1-c1ccc(C(F)(F)F)cc1CNCC(F)(F)F. The van der Waals surface area contributed by atoms with E-state index < -0.39 is 37.0 Å². The predicted molar refractivity (Wildman–Crippen MR) is 92.5 cm³/mol. The van der Waals surface area contributed by atoms with Gasteiger partial charge >= 0.3 is 18.3 Å². The molecule has 0 aromatic heterocycles. The summed E-state index contributed by atoms with van der Waals surface area (Å²) >= 11 is 0. The van der Waals surface area contributed by atoms with E-state index in [2.05, 4.69) is 5.32 Å². The van der Waals surface area contributed by atoms with Crippen molar-refractivity contribution in [2.75, 3.05) is 13.7 Å². The maximum absolute atomic E-state index is 13.1. The van der Waals surface area contributed by atoms with Crippen molar-refractivity contribution >= 4 is 5.97 Å². The summed E-state index contributed by atoms with van der Waals surface area (Å²) in [6, 6.07) is 7.09. The van der Waals surface area contributed by atoms with Gasteiger partial charge in [-0.3, -0.25) is 4.79 Å². The Labute approximate surface area is 162 Å². The van der Waals surface area contributed by atoms with E-state index in [-0.39, 0.29) is 28.9 Å². The van der Waals surface area contributed by atoms with Crippen molar-refractivity contribution in [1.29, 1.82) is 0 Å². The van der Waals surface area contributed by atoms with Gasteiger partial charge in [-0.05, 0) is 41.0 Å². The molecular weight excluding hydrogens is 404 g/mol. The maximum atomic E-state index is 13.1. The molecule has 2 aromatic carbocycles. The average molecular weight is 421 g/mol. The molecule has 2 rings (SSSR count). The fourth-order valence-electron chi connectivity index (χ4n) is 2.77. The molecule has 0 aliphatic carbocycles. The lowest BCUT2D eigenvalue weighted by atomic mass is 9.94. The fourth-order valence-corrected chi connectivity index (χ4v) is 2.77. The van der Waals surface area contributed by atoms with Gasteiger partial charge in [-0.15, -0.1) is 0 Å². The molecule has 29 heavy (non-hydrogen) atoms. The molecule has 0 unspecified atom stereocenters. The third-order valence-corrected chi connectivity index (χ3v) is 3.98. The molecule has 0 heterocycles. The number of ether oxygens (including phenoxy) is 1. The summed E-state index contributed by atoms with van der Waals surface area (Å²) in [6.07, 6.45) is -9.53. The molecule has 0 saturated heterocycles. The lowest BCUT2D eigenvalue weighted by Gasteiger charge is -2.17. The molecule has 0 spiro atoms. The van der Waals surface area contributed by atoms with Crippen molar-refractivity contribution in [2.45, 2.75) is 25.3 Å². The molecule has 2 N–H and O–H groups in total. The van der Waals surface area contributed by atoms with Gasteiger partial charge < -0.3 is 15.2 Å². The van der Waals surface area contributed by atoms with E-state index >= 15 is 0 Å². The second kappa shape index (κ2) is 8.73. The van der Waals surface area contributed by atoms with Gasteiger partial charge in [0.2, 0.25) is 0 Å². The van der Waals surface area contributed by atoms with Crippen LogP contribution in [0.2, 0.25) is 0 Å². The largest absolute Gasteiger partial charge is 0.496 e. The highest BCUT2D eigenvalue weighted by molar-refractivity contribution is 5.77. The Morgan fingerprint density at radius 3 is 2.28 bits per heavy atom.